The maximum Gasteiger partial charge on any atom is 0.231 e. The van der Waals surface area contributed by atoms with Crippen molar-refractivity contribution < 1.29 is 9.53 Å². The molecular formula is C14H21N3O2. The molecule has 19 heavy (non-hydrogen) atoms. The van der Waals surface area contributed by atoms with Crippen LogP contribution in [0.1, 0.15) is 19.8 Å². The molecule has 5 nitrogen and oxygen atoms in total. The van der Waals surface area contributed by atoms with Crippen molar-refractivity contribution in [1.29, 1.82) is 0 Å². The van der Waals surface area contributed by atoms with E-state index < -0.39 is 0 Å². The van der Waals surface area contributed by atoms with Gasteiger partial charge in [0.2, 0.25) is 5.91 Å². The van der Waals surface area contributed by atoms with Crippen molar-refractivity contribution in [3.05, 3.63) is 18.3 Å². The van der Waals surface area contributed by atoms with Crippen LogP contribution in [0.3, 0.4) is 0 Å². The van der Waals surface area contributed by atoms with Gasteiger partial charge in [0.1, 0.15) is 5.82 Å². The number of pyridine rings is 1. The lowest BCUT2D eigenvalue weighted by atomic mass is 9.94. The monoisotopic (exact) mass is 263 g/mol. The Hall–Kier alpha value is -1.62. The minimum absolute atomic E-state index is 0.00250. The van der Waals surface area contributed by atoms with Gasteiger partial charge in [0, 0.05) is 20.7 Å². The predicted molar refractivity (Wildman–Crippen MR) is 75.3 cm³/mol. The van der Waals surface area contributed by atoms with Crippen LogP contribution in [-0.2, 0) is 9.53 Å². The molecule has 0 aliphatic carbocycles. The summed E-state index contributed by atoms with van der Waals surface area (Å²) in [5.74, 6) is 0.509. The van der Waals surface area contributed by atoms with Crippen LogP contribution in [0.5, 0.6) is 0 Å². The summed E-state index contributed by atoms with van der Waals surface area (Å²) in [6.07, 6.45) is 3.55. The molecule has 2 unspecified atom stereocenters. The highest BCUT2D eigenvalue weighted by Gasteiger charge is 2.28. The number of hydrogen-bond donors (Lipinski definition) is 1. The molecule has 1 amide bonds. The second-order valence-corrected chi connectivity index (χ2v) is 5.11. The van der Waals surface area contributed by atoms with E-state index in [9.17, 15) is 4.79 Å². The number of rotatable bonds is 3. The van der Waals surface area contributed by atoms with Crippen LogP contribution in [0.15, 0.2) is 18.3 Å². The fourth-order valence-corrected chi connectivity index (χ4v) is 2.21. The van der Waals surface area contributed by atoms with Crippen molar-refractivity contribution in [3.8, 4) is 0 Å². The summed E-state index contributed by atoms with van der Waals surface area (Å²) in [7, 11) is 3.91. The third kappa shape index (κ3) is 3.44. The van der Waals surface area contributed by atoms with E-state index >= 15 is 0 Å². The van der Waals surface area contributed by atoms with E-state index in [-0.39, 0.29) is 17.9 Å². The average molecular weight is 263 g/mol. The summed E-state index contributed by atoms with van der Waals surface area (Å²) < 4.78 is 5.51. The van der Waals surface area contributed by atoms with E-state index in [0.717, 1.165) is 25.1 Å². The molecule has 2 rings (SSSR count). The number of nitrogens with zero attached hydrogens (tertiary/aromatic N) is 2. The smallest absolute Gasteiger partial charge is 0.231 e. The van der Waals surface area contributed by atoms with Crippen molar-refractivity contribution >= 4 is 17.4 Å². The second kappa shape index (κ2) is 6.02. The molecule has 1 aliphatic rings. The zero-order valence-electron chi connectivity index (χ0n) is 11.7. The fourth-order valence-electron chi connectivity index (χ4n) is 2.21. The van der Waals surface area contributed by atoms with Gasteiger partial charge in [0.15, 0.2) is 0 Å². The molecule has 2 heterocycles. The minimum Gasteiger partial charge on any atom is -0.378 e. The molecule has 0 radical (unpaired) electrons. The highest BCUT2D eigenvalue weighted by molar-refractivity contribution is 5.92. The highest BCUT2D eigenvalue weighted by Crippen LogP contribution is 2.22. The Balaban J connectivity index is 1.98. The minimum atomic E-state index is -0.0796. The third-order valence-electron chi connectivity index (χ3n) is 3.46. The summed E-state index contributed by atoms with van der Waals surface area (Å²) in [6.45, 7) is 2.70. The lowest BCUT2D eigenvalue weighted by Gasteiger charge is -2.27. The van der Waals surface area contributed by atoms with Crippen LogP contribution in [0.25, 0.3) is 0 Å². The van der Waals surface area contributed by atoms with Crippen molar-refractivity contribution in [2.24, 2.45) is 5.92 Å². The lowest BCUT2D eigenvalue weighted by molar-refractivity contribution is -0.127. The summed E-state index contributed by atoms with van der Waals surface area (Å²) in [4.78, 5) is 18.4. The SMILES string of the molecule is CC1OCCCC1C(=O)Nc1ccc(N(C)C)cn1. The molecular weight excluding hydrogens is 242 g/mol. The number of amides is 1. The summed E-state index contributed by atoms with van der Waals surface area (Å²) >= 11 is 0. The van der Waals surface area contributed by atoms with Crippen molar-refractivity contribution in [2.45, 2.75) is 25.9 Å². The number of nitrogens with one attached hydrogen (secondary N) is 1. The number of anilines is 2. The van der Waals surface area contributed by atoms with E-state index in [1.807, 2.05) is 38.1 Å². The molecule has 5 heteroatoms. The molecule has 1 aliphatic heterocycles. The van der Waals surface area contributed by atoms with Gasteiger partial charge in [-0.1, -0.05) is 0 Å². The van der Waals surface area contributed by atoms with Crippen LogP contribution in [-0.4, -0.2) is 37.7 Å². The van der Waals surface area contributed by atoms with E-state index in [1.54, 1.807) is 6.20 Å². The van der Waals surface area contributed by atoms with Gasteiger partial charge in [-0.2, -0.15) is 0 Å². The van der Waals surface area contributed by atoms with Crippen LogP contribution >= 0.6 is 0 Å². The molecule has 1 aromatic heterocycles. The Bertz CT molecular complexity index is 431. The van der Waals surface area contributed by atoms with Crippen molar-refractivity contribution in [3.63, 3.8) is 0 Å². The second-order valence-electron chi connectivity index (χ2n) is 5.11. The molecule has 104 valence electrons. The number of hydrogen-bond acceptors (Lipinski definition) is 4. The van der Waals surface area contributed by atoms with Gasteiger partial charge in [-0.15, -0.1) is 0 Å². The molecule has 1 fully saturated rings. The first-order valence-electron chi connectivity index (χ1n) is 6.64. The zero-order chi connectivity index (χ0) is 13.8. The van der Waals surface area contributed by atoms with Gasteiger partial charge in [0.25, 0.3) is 0 Å². The Morgan fingerprint density at radius 3 is 2.84 bits per heavy atom. The van der Waals surface area contributed by atoms with E-state index in [1.165, 1.54) is 0 Å². The van der Waals surface area contributed by atoms with Gasteiger partial charge in [-0.3, -0.25) is 4.79 Å². The topological polar surface area (TPSA) is 54.5 Å². The highest BCUT2D eigenvalue weighted by atomic mass is 16.5. The lowest BCUT2D eigenvalue weighted by Crippen LogP contribution is -2.36. The van der Waals surface area contributed by atoms with Gasteiger partial charge in [-0.25, -0.2) is 4.98 Å². The maximum atomic E-state index is 12.2. The number of ether oxygens (including phenoxy) is 1. The molecule has 0 aromatic carbocycles. The Morgan fingerprint density at radius 2 is 2.26 bits per heavy atom. The molecule has 0 spiro atoms. The molecule has 1 N–H and O–H groups in total. The third-order valence-corrected chi connectivity index (χ3v) is 3.46. The summed E-state index contributed by atoms with van der Waals surface area (Å²) in [5, 5.41) is 2.86. The Labute approximate surface area is 114 Å². The first kappa shape index (κ1) is 13.8. The Morgan fingerprint density at radius 1 is 1.47 bits per heavy atom. The molecule has 0 bridgehead atoms. The quantitative estimate of drug-likeness (QED) is 0.905. The predicted octanol–water partition coefficient (Wildman–Crippen LogP) is 1.90. The van der Waals surface area contributed by atoms with Gasteiger partial charge >= 0.3 is 0 Å². The van der Waals surface area contributed by atoms with Crippen LogP contribution < -0.4 is 10.2 Å². The van der Waals surface area contributed by atoms with Crippen LogP contribution in [0.4, 0.5) is 11.5 Å². The summed E-state index contributed by atoms with van der Waals surface area (Å²) in [6, 6.07) is 3.75. The maximum absolute atomic E-state index is 12.2. The van der Waals surface area contributed by atoms with Crippen molar-refractivity contribution in [1.82, 2.24) is 4.98 Å². The first-order valence-corrected chi connectivity index (χ1v) is 6.64. The van der Waals surface area contributed by atoms with Crippen LogP contribution in [0.2, 0.25) is 0 Å². The fraction of sp³-hybridized carbons (Fsp3) is 0.571. The Kier molecular flexibility index (Phi) is 4.37. The van der Waals surface area contributed by atoms with Gasteiger partial charge < -0.3 is 15.0 Å². The molecule has 0 saturated carbocycles. The zero-order valence-corrected chi connectivity index (χ0v) is 11.7. The molecule has 1 saturated heterocycles. The van der Waals surface area contributed by atoms with E-state index in [4.69, 9.17) is 4.74 Å². The van der Waals surface area contributed by atoms with E-state index in [0.29, 0.717) is 5.82 Å². The molecule has 2 atom stereocenters. The van der Waals surface area contributed by atoms with E-state index in [2.05, 4.69) is 10.3 Å². The number of carbonyl (C=O) groups excluding carboxylic acids is 1. The molecule has 1 aromatic rings. The average Bonchev–Trinajstić information content (AvgIpc) is 2.39. The first-order chi connectivity index (χ1) is 9.08. The number of aromatic nitrogens is 1. The summed E-state index contributed by atoms with van der Waals surface area (Å²) in [5.41, 5.74) is 1.01. The van der Waals surface area contributed by atoms with Gasteiger partial charge in [0.05, 0.1) is 23.9 Å². The standard InChI is InChI=1S/C14H21N3O2/c1-10-12(5-4-8-19-10)14(18)16-13-7-6-11(9-15-13)17(2)3/h6-7,9-10,12H,4-5,8H2,1-3H3,(H,15,16,18). The largest absolute Gasteiger partial charge is 0.378 e. The van der Waals surface area contributed by atoms with Gasteiger partial charge in [-0.05, 0) is 31.9 Å². The van der Waals surface area contributed by atoms with Crippen LogP contribution in [0, 0.1) is 5.92 Å². The normalized spacial score (nSPS) is 22.9. The van der Waals surface area contributed by atoms with Crippen molar-refractivity contribution in [2.75, 3.05) is 30.9 Å². The number of carbonyl (C=O) groups is 1.